The molecule has 0 aliphatic carbocycles. The van der Waals surface area contributed by atoms with Crippen molar-refractivity contribution in [2.24, 2.45) is 0 Å². The molecule has 2 aromatic rings. The number of ether oxygens (including phenoxy) is 1. The van der Waals surface area contributed by atoms with Crippen LogP contribution in [-0.2, 0) is 10.9 Å². The maximum absolute atomic E-state index is 13.0. The van der Waals surface area contributed by atoms with Gasteiger partial charge in [-0.15, -0.1) is 11.3 Å². The molecule has 3 rings (SSSR count). The average Bonchev–Trinajstić information content (AvgIpc) is 3.09. The Bertz CT molecular complexity index is 816. The first kappa shape index (κ1) is 18.3. The lowest BCUT2D eigenvalue weighted by Crippen LogP contribution is -2.40. The number of alkyl halides is 3. The number of thiazole rings is 1. The van der Waals surface area contributed by atoms with Gasteiger partial charge in [-0.2, -0.15) is 13.2 Å². The third kappa shape index (κ3) is 4.02. The van der Waals surface area contributed by atoms with E-state index in [4.69, 9.17) is 4.74 Å². The topological polar surface area (TPSA) is 71.5 Å². The van der Waals surface area contributed by atoms with Gasteiger partial charge in [0.2, 0.25) is 0 Å². The number of aromatic nitrogens is 1. The molecule has 2 heterocycles. The Hall–Kier alpha value is -2.46. The highest BCUT2D eigenvalue weighted by Crippen LogP contribution is 2.32. The number of morpholine rings is 1. The van der Waals surface area contributed by atoms with Gasteiger partial charge in [-0.25, -0.2) is 4.98 Å². The zero-order valence-corrected chi connectivity index (χ0v) is 14.2. The van der Waals surface area contributed by atoms with E-state index in [1.54, 1.807) is 4.90 Å². The van der Waals surface area contributed by atoms with Gasteiger partial charge < -0.3 is 9.64 Å². The predicted octanol–water partition coefficient (Wildman–Crippen LogP) is 2.89. The number of halogens is 3. The number of rotatable bonds is 3. The third-order valence-corrected chi connectivity index (χ3v) is 4.48. The monoisotopic (exact) mass is 385 g/mol. The quantitative estimate of drug-likeness (QED) is 0.882. The van der Waals surface area contributed by atoms with Crippen LogP contribution >= 0.6 is 11.3 Å². The molecule has 6 nitrogen and oxygen atoms in total. The van der Waals surface area contributed by atoms with Crippen molar-refractivity contribution in [3.8, 4) is 0 Å². The van der Waals surface area contributed by atoms with E-state index in [1.807, 2.05) is 0 Å². The van der Waals surface area contributed by atoms with Gasteiger partial charge in [-0.1, -0.05) is 12.1 Å². The van der Waals surface area contributed by atoms with Crippen molar-refractivity contribution in [2.45, 2.75) is 6.18 Å². The summed E-state index contributed by atoms with van der Waals surface area (Å²) in [5.74, 6) is -1.24. The first-order valence-corrected chi connectivity index (χ1v) is 8.54. The Labute approximate surface area is 150 Å². The van der Waals surface area contributed by atoms with Crippen LogP contribution in [0.2, 0.25) is 0 Å². The fourth-order valence-electron chi connectivity index (χ4n) is 2.45. The van der Waals surface area contributed by atoms with Gasteiger partial charge in [0.15, 0.2) is 5.13 Å². The molecular weight excluding hydrogens is 371 g/mol. The average molecular weight is 385 g/mol. The highest BCUT2D eigenvalue weighted by Gasteiger charge is 2.35. The van der Waals surface area contributed by atoms with Crippen LogP contribution in [0, 0.1) is 0 Å². The number of carbonyl (C=O) groups is 2. The largest absolute Gasteiger partial charge is 0.417 e. The van der Waals surface area contributed by atoms with Gasteiger partial charge in [0, 0.05) is 18.5 Å². The summed E-state index contributed by atoms with van der Waals surface area (Å²) < 4.78 is 44.2. The molecule has 1 aromatic heterocycles. The number of nitrogens with one attached hydrogen (secondary N) is 1. The highest BCUT2D eigenvalue weighted by molar-refractivity contribution is 7.14. The molecule has 1 fully saturated rings. The molecule has 0 saturated carbocycles. The zero-order valence-electron chi connectivity index (χ0n) is 13.4. The van der Waals surface area contributed by atoms with Crippen LogP contribution in [0.3, 0.4) is 0 Å². The molecule has 1 N–H and O–H groups in total. The summed E-state index contributed by atoms with van der Waals surface area (Å²) in [6.07, 6.45) is -4.64. The Kier molecular flexibility index (Phi) is 5.23. The molecule has 0 bridgehead atoms. The molecule has 0 radical (unpaired) electrons. The summed E-state index contributed by atoms with van der Waals surface area (Å²) >= 11 is 0.975. The lowest BCUT2D eigenvalue weighted by atomic mass is 10.1. The molecule has 2 amide bonds. The summed E-state index contributed by atoms with van der Waals surface area (Å²) in [5, 5.41) is 3.84. The Morgan fingerprint density at radius 2 is 1.88 bits per heavy atom. The molecule has 0 atom stereocenters. The molecule has 1 saturated heterocycles. The second kappa shape index (κ2) is 7.42. The van der Waals surface area contributed by atoms with E-state index in [9.17, 15) is 22.8 Å². The Morgan fingerprint density at radius 1 is 1.19 bits per heavy atom. The van der Waals surface area contributed by atoms with Crippen molar-refractivity contribution in [1.29, 1.82) is 0 Å². The number of amides is 2. The first-order valence-electron chi connectivity index (χ1n) is 7.66. The standard InChI is InChI=1S/C16H14F3N3O3S/c17-16(18,19)11-4-2-1-3-10(11)13(23)21-15-20-12(9-26-15)14(24)22-5-7-25-8-6-22/h1-4,9H,5-8H2,(H,20,21,23). The molecule has 10 heteroatoms. The van der Waals surface area contributed by atoms with E-state index in [1.165, 1.54) is 17.5 Å². The minimum atomic E-state index is -4.64. The van der Waals surface area contributed by atoms with Crippen LogP contribution in [0.4, 0.5) is 18.3 Å². The van der Waals surface area contributed by atoms with Crippen molar-refractivity contribution in [2.75, 3.05) is 31.6 Å². The van der Waals surface area contributed by atoms with Crippen LogP contribution < -0.4 is 5.32 Å². The summed E-state index contributed by atoms with van der Waals surface area (Å²) in [6.45, 7) is 1.76. The lowest BCUT2D eigenvalue weighted by molar-refractivity contribution is -0.137. The van der Waals surface area contributed by atoms with Crippen LogP contribution in [0.1, 0.15) is 26.4 Å². The predicted molar refractivity (Wildman–Crippen MR) is 88.2 cm³/mol. The van der Waals surface area contributed by atoms with E-state index in [2.05, 4.69) is 10.3 Å². The maximum Gasteiger partial charge on any atom is 0.417 e. The fourth-order valence-corrected chi connectivity index (χ4v) is 3.13. The summed E-state index contributed by atoms with van der Waals surface area (Å²) in [4.78, 5) is 30.1. The maximum atomic E-state index is 13.0. The van der Waals surface area contributed by atoms with E-state index in [-0.39, 0.29) is 16.7 Å². The summed E-state index contributed by atoms with van der Waals surface area (Å²) in [7, 11) is 0. The normalized spacial score (nSPS) is 15.0. The van der Waals surface area contributed by atoms with Gasteiger partial charge in [0.25, 0.3) is 11.8 Å². The van der Waals surface area contributed by atoms with Crippen molar-refractivity contribution in [3.63, 3.8) is 0 Å². The van der Waals surface area contributed by atoms with Gasteiger partial charge in [0.1, 0.15) is 5.69 Å². The van der Waals surface area contributed by atoms with Gasteiger partial charge >= 0.3 is 6.18 Å². The van der Waals surface area contributed by atoms with E-state index >= 15 is 0 Å². The number of carbonyl (C=O) groups excluding carboxylic acids is 2. The highest BCUT2D eigenvalue weighted by atomic mass is 32.1. The van der Waals surface area contributed by atoms with Crippen molar-refractivity contribution in [3.05, 3.63) is 46.5 Å². The van der Waals surface area contributed by atoms with E-state index in [0.29, 0.717) is 26.3 Å². The number of nitrogens with zero attached hydrogens (tertiary/aromatic N) is 2. The SMILES string of the molecule is O=C(Nc1nc(C(=O)N2CCOCC2)cs1)c1ccccc1C(F)(F)F. The molecular formula is C16H14F3N3O3S. The zero-order chi connectivity index (χ0) is 18.7. The lowest BCUT2D eigenvalue weighted by Gasteiger charge is -2.25. The van der Waals surface area contributed by atoms with E-state index < -0.39 is 23.2 Å². The molecule has 1 aliphatic heterocycles. The minimum absolute atomic E-state index is 0.0589. The molecule has 1 aliphatic rings. The van der Waals surface area contributed by atoms with Crippen LogP contribution in [-0.4, -0.2) is 48.0 Å². The van der Waals surface area contributed by atoms with Gasteiger partial charge in [0.05, 0.1) is 24.3 Å². The molecule has 26 heavy (non-hydrogen) atoms. The van der Waals surface area contributed by atoms with Crippen molar-refractivity contribution in [1.82, 2.24) is 9.88 Å². The third-order valence-electron chi connectivity index (χ3n) is 3.72. The van der Waals surface area contributed by atoms with Gasteiger partial charge in [-0.3, -0.25) is 14.9 Å². The molecule has 0 spiro atoms. The number of anilines is 1. The second-order valence-electron chi connectivity index (χ2n) is 5.44. The van der Waals surface area contributed by atoms with Crippen molar-refractivity contribution >= 4 is 28.3 Å². The second-order valence-corrected chi connectivity index (χ2v) is 6.30. The molecule has 138 valence electrons. The fraction of sp³-hybridized carbons (Fsp3) is 0.312. The van der Waals surface area contributed by atoms with Crippen LogP contribution in [0.15, 0.2) is 29.6 Å². The van der Waals surface area contributed by atoms with E-state index in [0.717, 1.165) is 23.5 Å². The smallest absolute Gasteiger partial charge is 0.378 e. The van der Waals surface area contributed by atoms with Crippen LogP contribution in [0.5, 0.6) is 0 Å². The number of hydrogen-bond acceptors (Lipinski definition) is 5. The summed E-state index contributed by atoms with van der Waals surface area (Å²) in [6, 6.07) is 4.48. The molecule has 1 aromatic carbocycles. The Balaban J connectivity index is 1.73. The first-order chi connectivity index (χ1) is 12.4. The summed E-state index contributed by atoms with van der Waals surface area (Å²) in [5.41, 5.74) is -1.40. The minimum Gasteiger partial charge on any atom is -0.378 e. The number of hydrogen-bond donors (Lipinski definition) is 1. The van der Waals surface area contributed by atoms with Crippen molar-refractivity contribution < 1.29 is 27.5 Å². The number of benzene rings is 1. The van der Waals surface area contributed by atoms with Gasteiger partial charge in [-0.05, 0) is 12.1 Å². The van der Waals surface area contributed by atoms with Crippen LogP contribution in [0.25, 0.3) is 0 Å². The molecule has 0 unspecified atom stereocenters. The Morgan fingerprint density at radius 3 is 2.58 bits per heavy atom.